The summed E-state index contributed by atoms with van der Waals surface area (Å²) >= 11 is 0. The molecule has 0 N–H and O–H groups in total. The normalized spacial score (nSPS) is 20.9. The van der Waals surface area contributed by atoms with Crippen molar-refractivity contribution >= 4 is 27.4 Å². The number of anilines is 2. The Morgan fingerprint density at radius 3 is 2.42 bits per heavy atom. The number of rotatable bonds is 3. The van der Waals surface area contributed by atoms with Gasteiger partial charge in [0.15, 0.2) is 0 Å². The summed E-state index contributed by atoms with van der Waals surface area (Å²) in [6.07, 6.45) is 2.34. The van der Waals surface area contributed by atoms with Gasteiger partial charge in [0.25, 0.3) is 5.91 Å². The third-order valence-corrected chi connectivity index (χ3v) is 7.91. The SMILES string of the molecule is Cc1cnc(N2CCN(C(=O)c3ccc(N4[C@H](C)CCS4(=O)=O)cc3F)CC2)c(C)c1. The minimum atomic E-state index is -3.44. The van der Waals surface area contributed by atoms with Crippen LogP contribution in [0.25, 0.3) is 0 Å². The van der Waals surface area contributed by atoms with Crippen LogP contribution in [0.1, 0.15) is 34.8 Å². The number of nitrogens with zero attached hydrogens (tertiary/aromatic N) is 4. The van der Waals surface area contributed by atoms with Crippen molar-refractivity contribution < 1.29 is 17.6 Å². The number of hydrogen-bond donors (Lipinski definition) is 0. The van der Waals surface area contributed by atoms with E-state index in [-0.39, 0.29) is 29.0 Å². The Bertz CT molecular complexity index is 1110. The van der Waals surface area contributed by atoms with Gasteiger partial charge in [-0.2, -0.15) is 0 Å². The highest BCUT2D eigenvalue weighted by Gasteiger charge is 2.35. The second-order valence-electron chi connectivity index (χ2n) is 8.35. The predicted molar refractivity (Wildman–Crippen MR) is 119 cm³/mol. The van der Waals surface area contributed by atoms with Crippen LogP contribution in [0.2, 0.25) is 0 Å². The maximum atomic E-state index is 14.8. The predicted octanol–water partition coefficient (Wildman–Crippen LogP) is 2.73. The third kappa shape index (κ3) is 4.11. The van der Waals surface area contributed by atoms with Crippen molar-refractivity contribution in [2.45, 2.75) is 33.2 Å². The summed E-state index contributed by atoms with van der Waals surface area (Å²) in [5, 5.41) is 0. The molecule has 2 fully saturated rings. The zero-order valence-electron chi connectivity index (χ0n) is 18.0. The van der Waals surface area contributed by atoms with Gasteiger partial charge in [0.2, 0.25) is 10.0 Å². The molecule has 0 saturated carbocycles. The van der Waals surface area contributed by atoms with E-state index >= 15 is 0 Å². The molecule has 1 aromatic heterocycles. The molecule has 166 valence electrons. The van der Waals surface area contributed by atoms with E-state index in [1.54, 1.807) is 11.8 Å². The molecule has 31 heavy (non-hydrogen) atoms. The molecule has 4 rings (SSSR count). The van der Waals surface area contributed by atoms with Gasteiger partial charge < -0.3 is 9.80 Å². The molecule has 0 aliphatic carbocycles. The average Bonchev–Trinajstić information content (AvgIpc) is 3.00. The van der Waals surface area contributed by atoms with E-state index in [9.17, 15) is 17.6 Å². The second-order valence-corrected chi connectivity index (χ2v) is 10.3. The molecule has 2 saturated heterocycles. The van der Waals surface area contributed by atoms with E-state index in [0.717, 1.165) is 23.0 Å². The maximum absolute atomic E-state index is 14.8. The Morgan fingerprint density at radius 2 is 1.84 bits per heavy atom. The van der Waals surface area contributed by atoms with Crippen LogP contribution in [0.4, 0.5) is 15.9 Å². The summed E-state index contributed by atoms with van der Waals surface area (Å²) in [4.78, 5) is 21.2. The van der Waals surface area contributed by atoms with Gasteiger partial charge in [-0.3, -0.25) is 9.10 Å². The molecule has 7 nitrogen and oxygen atoms in total. The Kier molecular flexibility index (Phi) is 5.63. The van der Waals surface area contributed by atoms with Gasteiger partial charge in [0, 0.05) is 38.4 Å². The number of pyridine rings is 1. The van der Waals surface area contributed by atoms with Crippen molar-refractivity contribution in [1.29, 1.82) is 0 Å². The van der Waals surface area contributed by atoms with Gasteiger partial charge in [-0.15, -0.1) is 0 Å². The molecule has 2 aromatic rings. The lowest BCUT2D eigenvalue weighted by molar-refractivity contribution is 0.0742. The number of benzene rings is 1. The van der Waals surface area contributed by atoms with Crippen LogP contribution in [0, 0.1) is 19.7 Å². The molecule has 1 aromatic carbocycles. The van der Waals surface area contributed by atoms with Crippen LogP contribution in [-0.4, -0.2) is 62.2 Å². The van der Waals surface area contributed by atoms with Crippen LogP contribution < -0.4 is 9.21 Å². The van der Waals surface area contributed by atoms with E-state index in [1.165, 1.54) is 16.4 Å². The van der Waals surface area contributed by atoms with Crippen LogP contribution in [0.3, 0.4) is 0 Å². The summed E-state index contributed by atoms with van der Waals surface area (Å²) in [6.45, 7) is 7.98. The Balaban J connectivity index is 1.47. The summed E-state index contributed by atoms with van der Waals surface area (Å²) in [6, 6.07) is 5.93. The minimum Gasteiger partial charge on any atom is -0.353 e. The second kappa shape index (κ2) is 8.11. The molecular formula is C22H27FN4O3S. The monoisotopic (exact) mass is 446 g/mol. The van der Waals surface area contributed by atoms with Gasteiger partial charge >= 0.3 is 0 Å². The van der Waals surface area contributed by atoms with Crippen molar-refractivity contribution in [3.63, 3.8) is 0 Å². The molecule has 9 heteroatoms. The topological polar surface area (TPSA) is 73.8 Å². The number of halogens is 1. The van der Waals surface area contributed by atoms with Gasteiger partial charge in [-0.1, -0.05) is 6.07 Å². The lowest BCUT2D eigenvalue weighted by atomic mass is 10.1. The zero-order valence-corrected chi connectivity index (χ0v) is 18.8. The van der Waals surface area contributed by atoms with Gasteiger partial charge in [0.05, 0.1) is 17.0 Å². The number of hydrogen-bond acceptors (Lipinski definition) is 5. The average molecular weight is 447 g/mol. The first-order chi connectivity index (χ1) is 14.7. The molecule has 0 radical (unpaired) electrons. The number of carbonyl (C=O) groups is 1. The third-order valence-electron chi connectivity index (χ3n) is 5.98. The van der Waals surface area contributed by atoms with Crippen molar-refractivity contribution in [3.05, 3.63) is 53.0 Å². The molecule has 0 unspecified atom stereocenters. The Labute approximate surface area is 182 Å². The Morgan fingerprint density at radius 1 is 1.13 bits per heavy atom. The van der Waals surface area contributed by atoms with Crippen LogP contribution >= 0.6 is 0 Å². The molecule has 2 aliphatic heterocycles. The fourth-order valence-electron chi connectivity index (χ4n) is 4.37. The van der Waals surface area contributed by atoms with E-state index in [2.05, 4.69) is 16.0 Å². The van der Waals surface area contributed by atoms with Crippen LogP contribution in [0.5, 0.6) is 0 Å². The van der Waals surface area contributed by atoms with Gasteiger partial charge in [-0.05, 0) is 56.5 Å². The quantitative estimate of drug-likeness (QED) is 0.725. The molecule has 3 heterocycles. The molecule has 2 aliphatic rings. The fraction of sp³-hybridized carbons (Fsp3) is 0.455. The number of carbonyl (C=O) groups excluding carboxylic acids is 1. The number of aromatic nitrogens is 1. The summed E-state index contributed by atoms with van der Waals surface area (Å²) < 4.78 is 40.6. The summed E-state index contributed by atoms with van der Waals surface area (Å²) in [7, 11) is -3.44. The largest absolute Gasteiger partial charge is 0.353 e. The zero-order chi connectivity index (χ0) is 22.3. The molecule has 1 atom stereocenters. The van der Waals surface area contributed by atoms with Crippen molar-refractivity contribution in [2.24, 2.45) is 0 Å². The van der Waals surface area contributed by atoms with E-state index < -0.39 is 15.8 Å². The maximum Gasteiger partial charge on any atom is 0.256 e. The first kappa shape index (κ1) is 21.5. The lowest BCUT2D eigenvalue weighted by Crippen LogP contribution is -2.49. The highest BCUT2D eigenvalue weighted by molar-refractivity contribution is 7.93. The first-order valence-corrected chi connectivity index (χ1v) is 12.1. The molecule has 0 spiro atoms. The highest BCUT2D eigenvalue weighted by Crippen LogP contribution is 2.30. The summed E-state index contributed by atoms with van der Waals surface area (Å²) in [5.74, 6) is -0.116. The van der Waals surface area contributed by atoms with E-state index in [0.29, 0.717) is 32.6 Å². The fourth-order valence-corrected chi connectivity index (χ4v) is 6.29. The van der Waals surface area contributed by atoms with Crippen LogP contribution in [0.15, 0.2) is 30.5 Å². The van der Waals surface area contributed by atoms with Crippen LogP contribution in [-0.2, 0) is 10.0 Å². The highest BCUT2D eigenvalue weighted by atomic mass is 32.2. The minimum absolute atomic E-state index is 0.0360. The van der Waals surface area contributed by atoms with Gasteiger partial charge in [0.1, 0.15) is 11.6 Å². The number of piperazine rings is 1. The number of amides is 1. The van der Waals surface area contributed by atoms with E-state index in [4.69, 9.17) is 0 Å². The number of sulfonamides is 1. The van der Waals surface area contributed by atoms with Crippen molar-refractivity contribution in [3.8, 4) is 0 Å². The van der Waals surface area contributed by atoms with Crippen molar-refractivity contribution in [1.82, 2.24) is 9.88 Å². The first-order valence-electron chi connectivity index (χ1n) is 10.5. The summed E-state index contributed by atoms with van der Waals surface area (Å²) in [5.41, 5.74) is 2.42. The van der Waals surface area contributed by atoms with Gasteiger partial charge in [-0.25, -0.2) is 17.8 Å². The standard InChI is InChI=1S/C22H27FN4O3S/c1-15-12-16(2)21(24-14-15)25-7-9-26(10-8-25)22(28)19-5-4-18(13-20(19)23)27-17(3)6-11-31(27,29)30/h4-5,12-14,17H,6-11H2,1-3H3/t17-/m1/s1. The molecule has 0 bridgehead atoms. The molecular weight excluding hydrogens is 419 g/mol. The van der Waals surface area contributed by atoms with Crippen molar-refractivity contribution in [2.75, 3.05) is 41.1 Å². The number of aryl methyl sites for hydroxylation is 2. The van der Waals surface area contributed by atoms with E-state index in [1.807, 2.05) is 20.0 Å². The smallest absolute Gasteiger partial charge is 0.256 e. The Hall–Kier alpha value is -2.68. The molecule has 1 amide bonds. The lowest BCUT2D eigenvalue weighted by Gasteiger charge is -2.36.